The number of methoxy groups -OCH3 is 1. The van der Waals surface area contributed by atoms with Crippen LogP contribution in [0.1, 0.15) is 11.6 Å². The van der Waals surface area contributed by atoms with Crippen molar-refractivity contribution in [2.24, 2.45) is 0 Å². The van der Waals surface area contributed by atoms with Crippen molar-refractivity contribution in [1.82, 2.24) is 9.88 Å². The van der Waals surface area contributed by atoms with Gasteiger partial charge in [-0.05, 0) is 29.7 Å². The van der Waals surface area contributed by atoms with Crippen molar-refractivity contribution in [2.45, 2.75) is 11.7 Å². The second-order valence-corrected chi connectivity index (χ2v) is 6.53. The van der Waals surface area contributed by atoms with Gasteiger partial charge in [-0.25, -0.2) is 4.79 Å². The van der Waals surface area contributed by atoms with Crippen LogP contribution in [0, 0.1) is 0 Å². The van der Waals surface area contributed by atoms with Gasteiger partial charge in [-0.15, -0.1) is 0 Å². The minimum atomic E-state index is -1.05. The quantitative estimate of drug-likeness (QED) is 0.564. The van der Waals surface area contributed by atoms with E-state index in [2.05, 4.69) is 5.32 Å². The standard InChI is InChI=1S/C18H14Cl2N2O2/c1-24-17(23)18(22-10-9-11-5-2-3-8-14(11)22)16(21-18)15-12(19)6-4-7-13(15)20/h2-10,16,21H,1H3/t16-,18+/m0/s1. The van der Waals surface area contributed by atoms with Gasteiger partial charge in [-0.3, -0.25) is 5.32 Å². The zero-order valence-electron chi connectivity index (χ0n) is 12.8. The Morgan fingerprint density at radius 1 is 1.12 bits per heavy atom. The molecule has 1 N–H and O–H groups in total. The number of hydrogen-bond acceptors (Lipinski definition) is 3. The summed E-state index contributed by atoms with van der Waals surface area (Å²) in [5.41, 5.74) is 0.581. The van der Waals surface area contributed by atoms with Gasteiger partial charge in [0.25, 0.3) is 0 Å². The van der Waals surface area contributed by atoms with Gasteiger partial charge in [0.15, 0.2) is 0 Å². The highest BCUT2D eigenvalue weighted by atomic mass is 35.5. The number of rotatable bonds is 3. The molecule has 1 aliphatic heterocycles. The molecule has 4 nitrogen and oxygen atoms in total. The predicted molar refractivity (Wildman–Crippen MR) is 94.3 cm³/mol. The Hall–Kier alpha value is -2.01. The molecule has 1 aromatic heterocycles. The monoisotopic (exact) mass is 360 g/mol. The van der Waals surface area contributed by atoms with Crippen molar-refractivity contribution < 1.29 is 9.53 Å². The number of benzene rings is 2. The Morgan fingerprint density at radius 3 is 2.54 bits per heavy atom. The van der Waals surface area contributed by atoms with Crippen LogP contribution in [0.15, 0.2) is 54.7 Å². The zero-order chi connectivity index (χ0) is 16.9. The van der Waals surface area contributed by atoms with Gasteiger partial charge in [-0.1, -0.05) is 47.5 Å². The van der Waals surface area contributed by atoms with Crippen LogP contribution in [0.2, 0.25) is 10.0 Å². The van der Waals surface area contributed by atoms with Gasteiger partial charge in [-0.2, -0.15) is 0 Å². The molecule has 0 aliphatic carbocycles. The van der Waals surface area contributed by atoms with Gasteiger partial charge >= 0.3 is 5.97 Å². The van der Waals surface area contributed by atoms with Gasteiger partial charge in [0.2, 0.25) is 5.66 Å². The largest absolute Gasteiger partial charge is 0.466 e. The van der Waals surface area contributed by atoms with Crippen molar-refractivity contribution >= 4 is 40.1 Å². The average Bonchev–Trinajstić information content (AvgIpc) is 3.16. The third-order valence-corrected chi connectivity index (χ3v) is 5.12. The highest BCUT2D eigenvalue weighted by Gasteiger charge is 2.64. The molecular formula is C18H14Cl2N2O2. The van der Waals surface area contributed by atoms with E-state index in [1.165, 1.54) is 7.11 Å². The predicted octanol–water partition coefficient (Wildman–Crippen LogP) is 4.12. The molecule has 1 fully saturated rings. The molecule has 0 amide bonds. The van der Waals surface area contributed by atoms with Crippen molar-refractivity contribution in [3.8, 4) is 0 Å². The van der Waals surface area contributed by atoms with Gasteiger partial charge in [0, 0.05) is 21.8 Å². The summed E-state index contributed by atoms with van der Waals surface area (Å²) >= 11 is 12.7. The van der Waals surface area contributed by atoms with Crippen molar-refractivity contribution in [2.75, 3.05) is 7.11 Å². The fourth-order valence-corrected chi connectivity index (χ4v) is 3.89. The van der Waals surface area contributed by atoms with Gasteiger partial charge < -0.3 is 9.30 Å². The highest BCUT2D eigenvalue weighted by Crippen LogP contribution is 2.51. The van der Waals surface area contributed by atoms with E-state index in [9.17, 15) is 4.79 Å². The van der Waals surface area contributed by atoms with Crippen LogP contribution in [0.4, 0.5) is 0 Å². The fraction of sp³-hybridized carbons (Fsp3) is 0.167. The first kappa shape index (κ1) is 15.5. The summed E-state index contributed by atoms with van der Waals surface area (Å²) in [5, 5.41) is 5.32. The summed E-state index contributed by atoms with van der Waals surface area (Å²) in [6, 6.07) is 14.8. The van der Waals surface area contributed by atoms with E-state index in [0.717, 1.165) is 10.9 Å². The molecule has 4 rings (SSSR count). The summed E-state index contributed by atoms with van der Waals surface area (Å²) in [4.78, 5) is 12.7. The van der Waals surface area contributed by atoms with Crippen LogP contribution in [0.25, 0.3) is 10.9 Å². The summed E-state index contributed by atoms with van der Waals surface area (Å²) in [5.74, 6) is -0.384. The Balaban J connectivity index is 1.90. The number of carbonyl (C=O) groups excluding carboxylic acids is 1. The highest BCUT2D eigenvalue weighted by molar-refractivity contribution is 6.36. The lowest BCUT2D eigenvalue weighted by Crippen LogP contribution is -2.33. The second-order valence-electron chi connectivity index (χ2n) is 5.72. The number of para-hydroxylation sites is 1. The number of hydrogen-bond donors (Lipinski definition) is 1. The molecule has 122 valence electrons. The first-order valence-electron chi connectivity index (χ1n) is 7.46. The molecule has 2 aromatic carbocycles. The minimum Gasteiger partial charge on any atom is -0.466 e. The van der Waals surface area contributed by atoms with Crippen molar-refractivity contribution in [3.05, 3.63) is 70.3 Å². The Labute approximate surface area is 148 Å². The Bertz CT molecular complexity index is 933. The molecule has 2 heterocycles. The number of esters is 1. The number of halogens is 2. The number of nitrogens with one attached hydrogen (secondary N) is 1. The summed E-state index contributed by atoms with van der Waals surface area (Å²) in [7, 11) is 1.38. The number of fused-ring (bicyclic) bond motifs is 1. The lowest BCUT2D eigenvalue weighted by Gasteiger charge is -2.17. The smallest absolute Gasteiger partial charge is 0.349 e. The van der Waals surface area contributed by atoms with Crippen molar-refractivity contribution in [1.29, 1.82) is 0 Å². The summed E-state index contributed by atoms with van der Waals surface area (Å²) < 4.78 is 6.96. The van der Waals surface area contributed by atoms with E-state index in [1.54, 1.807) is 18.2 Å². The van der Waals surface area contributed by atoms with E-state index >= 15 is 0 Å². The molecule has 0 spiro atoms. The molecule has 24 heavy (non-hydrogen) atoms. The van der Waals surface area contributed by atoms with E-state index < -0.39 is 5.66 Å². The average molecular weight is 361 g/mol. The van der Waals surface area contributed by atoms with Crippen LogP contribution in [-0.4, -0.2) is 17.6 Å². The Morgan fingerprint density at radius 2 is 1.83 bits per heavy atom. The topological polar surface area (TPSA) is 53.2 Å². The molecule has 0 unspecified atom stereocenters. The lowest BCUT2D eigenvalue weighted by molar-refractivity contribution is -0.146. The molecule has 6 heteroatoms. The molecule has 0 radical (unpaired) electrons. The van der Waals surface area contributed by atoms with E-state index in [1.807, 2.05) is 41.1 Å². The first-order chi connectivity index (χ1) is 11.6. The van der Waals surface area contributed by atoms with E-state index in [0.29, 0.717) is 15.6 Å². The molecule has 1 saturated heterocycles. The summed E-state index contributed by atoms with van der Waals surface area (Å²) in [6.45, 7) is 0. The molecule has 3 aromatic rings. The first-order valence-corrected chi connectivity index (χ1v) is 8.22. The Kier molecular flexibility index (Phi) is 3.57. The van der Waals surface area contributed by atoms with Crippen molar-refractivity contribution in [3.63, 3.8) is 0 Å². The third kappa shape index (κ3) is 2.07. The van der Waals surface area contributed by atoms with Gasteiger partial charge in [0.1, 0.15) is 0 Å². The van der Waals surface area contributed by atoms with Crippen LogP contribution >= 0.6 is 23.2 Å². The molecule has 2 atom stereocenters. The second kappa shape index (κ2) is 5.52. The van der Waals surface area contributed by atoms with Crippen LogP contribution in [-0.2, 0) is 15.2 Å². The minimum absolute atomic E-state index is 0.359. The van der Waals surface area contributed by atoms with E-state index in [-0.39, 0.29) is 12.0 Å². The SMILES string of the molecule is COC(=O)[C@@]1(n2ccc3ccccc32)N[C@H]1c1c(Cl)cccc1Cl. The number of nitrogens with zero attached hydrogens (tertiary/aromatic N) is 1. The van der Waals surface area contributed by atoms with Gasteiger partial charge in [0.05, 0.1) is 18.7 Å². The fourth-order valence-electron chi connectivity index (χ4n) is 3.28. The normalized spacial score (nSPS) is 22.5. The molecular weight excluding hydrogens is 347 g/mol. The maximum Gasteiger partial charge on any atom is 0.349 e. The maximum atomic E-state index is 12.7. The lowest BCUT2D eigenvalue weighted by atomic mass is 10.1. The number of aromatic nitrogens is 1. The van der Waals surface area contributed by atoms with E-state index in [4.69, 9.17) is 27.9 Å². The maximum absolute atomic E-state index is 12.7. The number of ether oxygens (including phenoxy) is 1. The third-order valence-electron chi connectivity index (χ3n) is 4.46. The van der Waals surface area contributed by atoms with Crippen LogP contribution in [0.3, 0.4) is 0 Å². The zero-order valence-corrected chi connectivity index (χ0v) is 14.3. The number of carbonyl (C=O) groups is 1. The molecule has 0 bridgehead atoms. The summed E-state index contributed by atoms with van der Waals surface area (Å²) in [6.07, 6.45) is 1.87. The van der Waals surface area contributed by atoms with Crippen LogP contribution < -0.4 is 5.32 Å². The van der Waals surface area contributed by atoms with Crippen LogP contribution in [0.5, 0.6) is 0 Å². The molecule has 0 saturated carbocycles. The molecule has 1 aliphatic rings.